The summed E-state index contributed by atoms with van der Waals surface area (Å²) in [5.74, 6) is -0.348. The maximum atomic E-state index is 12.0. The monoisotopic (exact) mass is 298 g/mol. The molecule has 122 valence electrons. The SMILES string of the molecule is CC1CCN(CCNC(=O)CC(C)(C(=O)O)C(C)C)CC1. The number of nitrogens with one attached hydrogen (secondary N) is 1. The van der Waals surface area contributed by atoms with E-state index in [1.54, 1.807) is 6.92 Å². The third kappa shape index (κ3) is 5.30. The Hall–Kier alpha value is -1.10. The number of amides is 1. The Morgan fingerprint density at radius 2 is 1.90 bits per heavy atom. The van der Waals surface area contributed by atoms with Gasteiger partial charge in [-0.2, -0.15) is 0 Å². The number of carbonyl (C=O) groups is 2. The molecule has 0 bridgehead atoms. The van der Waals surface area contributed by atoms with E-state index >= 15 is 0 Å². The lowest BCUT2D eigenvalue weighted by Gasteiger charge is -2.31. The Bertz CT molecular complexity index is 363. The second-order valence-corrected chi connectivity index (χ2v) is 6.93. The highest BCUT2D eigenvalue weighted by molar-refractivity contribution is 5.84. The van der Waals surface area contributed by atoms with Crippen molar-refractivity contribution < 1.29 is 14.7 Å². The fourth-order valence-electron chi connectivity index (χ4n) is 2.56. The molecule has 2 N–H and O–H groups in total. The molecule has 21 heavy (non-hydrogen) atoms. The number of hydrogen-bond donors (Lipinski definition) is 2. The van der Waals surface area contributed by atoms with E-state index in [1.165, 1.54) is 12.8 Å². The molecule has 1 atom stereocenters. The predicted molar refractivity (Wildman–Crippen MR) is 83.0 cm³/mol. The van der Waals surface area contributed by atoms with Gasteiger partial charge in [-0.3, -0.25) is 9.59 Å². The van der Waals surface area contributed by atoms with Crippen molar-refractivity contribution in [1.29, 1.82) is 0 Å². The van der Waals surface area contributed by atoms with Crippen LogP contribution in [0.3, 0.4) is 0 Å². The Balaban J connectivity index is 2.32. The Morgan fingerprint density at radius 1 is 1.33 bits per heavy atom. The summed E-state index contributed by atoms with van der Waals surface area (Å²) < 4.78 is 0. The molecular formula is C16H30N2O3. The van der Waals surface area contributed by atoms with Crippen molar-refractivity contribution in [3.63, 3.8) is 0 Å². The molecule has 1 unspecified atom stereocenters. The summed E-state index contributed by atoms with van der Waals surface area (Å²) in [5, 5.41) is 12.2. The molecule has 5 heteroatoms. The summed E-state index contributed by atoms with van der Waals surface area (Å²) in [6, 6.07) is 0. The third-order valence-electron chi connectivity index (χ3n) is 4.92. The number of carboxylic acid groups (broad SMARTS) is 1. The maximum Gasteiger partial charge on any atom is 0.310 e. The molecule has 5 nitrogen and oxygen atoms in total. The number of rotatable bonds is 7. The van der Waals surface area contributed by atoms with Gasteiger partial charge in [0.25, 0.3) is 0 Å². The normalized spacial score (nSPS) is 20.2. The molecule has 1 aliphatic rings. The smallest absolute Gasteiger partial charge is 0.310 e. The van der Waals surface area contributed by atoms with Gasteiger partial charge in [0.05, 0.1) is 5.41 Å². The van der Waals surface area contributed by atoms with Crippen molar-refractivity contribution >= 4 is 11.9 Å². The molecule has 0 aromatic rings. The van der Waals surface area contributed by atoms with Crippen LogP contribution in [0.1, 0.15) is 47.0 Å². The number of hydrogen-bond acceptors (Lipinski definition) is 3. The number of aliphatic carboxylic acids is 1. The Labute approximate surface area is 128 Å². The minimum Gasteiger partial charge on any atom is -0.481 e. The average Bonchev–Trinajstić information content (AvgIpc) is 2.40. The van der Waals surface area contributed by atoms with Gasteiger partial charge in [-0.15, -0.1) is 0 Å². The largest absolute Gasteiger partial charge is 0.481 e. The lowest BCUT2D eigenvalue weighted by Crippen LogP contribution is -2.42. The van der Waals surface area contributed by atoms with Crippen LogP contribution in [0, 0.1) is 17.3 Å². The summed E-state index contributed by atoms with van der Waals surface area (Å²) >= 11 is 0. The fraction of sp³-hybridized carbons (Fsp3) is 0.875. The molecule has 0 spiro atoms. The molecule has 1 rings (SSSR count). The lowest BCUT2D eigenvalue weighted by molar-refractivity contribution is -0.153. The Morgan fingerprint density at radius 3 is 2.38 bits per heavy atom. The van der Waals surface area contributed by atoms with Crippen LogP contribution in [0.25, 0.3) is 0 Å². The quantitative estimate of drug-likeness (QED) is 0.754. The molecule has 0 aromatic carbocycles. The van der Waals surface area contributed by atoms with Crippen LogP contribution in [-0.4, -0.2) is 48.1 Å². The first-order valence-corrected chi connectivity index (χ1v) is 7.98. The molecule has 1 amide bonds. The van der Waals surface area contributed by atoms with Crippen LogP contribution in [0.4, 0.5) is 0 Å². The van der Waals surface area contributed by atoms with Crippen molar-refractivity contribution in [1.82, 2.24) is 10.2 Å². The highest BCUT2D eigenvalue weighted by atomic mass is 16.4. The number of carbonyl (C=O) groups excluding carboxylic acids is 1. The first-order valence-electron chi connectivity index (χ1n) is 7.98. The van der Waals surface area contributed by atoms with Crippen LogP contribution in [0.5, 0.6) is 0 Å². The van der Waals surface area contributed by atoms with Gasteiger partial charge in [-0.1, -0.05) is 20.8 Å². The molecule has 1 saturated heterocycles. The minimum atomic E-state index is -0.995. The van der Waals surface area contributed by atoms with E-state index in [-0.39, 0.29) is 18.2 Å². The topological polar surface area (TPSA) is 69.6 Å². The molecular weight excluding hydrogens is 268 g/mol. The summed E-state index contributed by atoms with van der Waals surface area (Å²) in [5.41, 5.74) is -0.995. The zero-order valence-corrected chi connectivity index (χ0v) is 13.8. The molecule has 1 heterocycles. The van der Waals surface area contributed by atoms with Gasteiger partial charge in [0, 0.05) is 19.5 Å². The summed E-state index contributed by atoms with van der Waals surface area (Å²) in [4.78, 5) is 25.7. The van der Waals surface area contributed by atoms with Gasteiger partial charge in [-0.05, 0) is 44.7 Å². The summed E-state index contributed by atoms with van der Waals surface area (Å²) in [6.07, 6.45) is 2.48. The van der Waals surface area contributed by atoms with Crippen LogP contribution >= 0.6 is 0 Å². The van der Waals surface area contributed by atoms with Crippen LogP contribution < -0.4 is 5.32 Å². The van der Waals surface area contributed by atoms with Crippen molar-refractivity contribution in [2.24, 2.45) is 17.3 Å². The zero-order valence-electron chi connectivity index (χ0n) is 13.8. The van der Waals surface area contributed by atoms with E-state index in [0.29, 0.717) is 6.54 Å². The van der Waals surface area contributed by atoms with E-state index in [4.69, 9.17) is 0 Å². The number of likely N-dealkylation sites (tertiary alicyclic amines) is 1. The minimum absolute atomic E-state index is 0.0387. The van der Waals surface area contributed by atoms with Gasteiger partial charge in [0.15, 0.2) is 0 Å². The van der Waals surface area contributed by atoms with Crippen LogP contribution in [0.15, 0.2) is 0 Å². The maximum absolute atomic E-state index is 12.0. The van der Waals surface area contributed by atoms with Gasteiger partial charge >= 0.3 is 5.97 Å². The van der Waals surface area contributed by atoms with Gasteiger partial charge in [0.1, 0.15) is 0 Å². The zero-order chi connectivity index (χ0) is 16.0. The van der Waals surface area contributed by atoms with Gasteiger partial charge < -0.3 is 15.3 Å². The van der Waals surface area contributed by atoms with Crippen molar-refractivity contribution in [3.8, 4) is 0 Å². The first-order chi connectivity index (χ1) is 9.75. The number of carboxylic acids is 1. The van der Waals surface area contributed by atoms with Crippen LogP contribution in [-0.2, 0) is 9.59 Å². The second-order valence-electron chi connectivity index (χ2n) is 6.93. The van der Waals surface area contributed by atoms with Crippen molar-refractivity contribution in [3.05, 3.63) is 0 Å². The Kier molecular flexibility index (Phi) is 6.65. The second kappa shape index (κ2) is 7.78. The average molecular weight is 298 g/mol. The molecule has 0 radical (unpaired) electrons. The third-order valence-corrected chi connectivity index (χ3v) is 4.92. The summed E-state index contributed by atoms with van der Waals surface area (Å²) in [6.45, 7) is 11.2. The molecule has 0 aromatic heterocycles. The van der Waals surface area contributed by atoms with E-state index in [1.807, 2.05) is 13.8 Å². The van der Waals surface area contributed by atoms with E-state index in [0.717, 1.165) is 25.6 Å². The predicted octanol–water partition coefficient (Wildman–Crippen LogP) is 1.97. The van der Waals surface area contributed by atoms with Crippen LogP contribution in [0.2, 0.25) is 0 Å². The number of piperidine rings is 1. The van der Waals surface area contributed by atoms with Gasteiger partial charge in [0.2, 0.25) is 5.91 Å². The van der Waals surface area contributed by atoms with E-state index < -0.39 is 11.4 Å². The van der Waals surface area contributed by atoms with Crippen molar-refractivity contribution in [2.75, 3.05) is 26.2 Å². The molecule has 0 aliphatic carbocycles. The number of nitrogens with zero attached hydrogens (tertiary/aromatic N) is 1. The standard InChI is InChI=1S/C16H30N2O3/c1-12(2)16(4,15(20)21)11-14(19)17-7-10-18-8-5-13(3)6-9-18/h12-13H,5-11H2,1-4H3,(H,17,19)(H,20,21). The highest BCUT2D eigenvalue weighted by Crippen LogP contribution is 2.31. The van der Waals surface area contributed by atoms with E-state index in [2.05, 4.69) is 17.1 Å². The fourth-order valence-corrected chi connectivity index (χ4v) is 2.56. The highest BCUT2D eigenvalue weighted by Gasteiger charge is 2.38. The lowest BCUT2D eigenvalue weighted by atomic mass is 9.76. The molecule has 0 saturated carbocycles. The molecule has 1 fully saturated rings. The van der Waals surface area contributed by atoms with E-state index in [9.17, 15) is 14.7 Å². The van der Waals surface area contributed by atoms with Gasteiger partial charge in [-0.25, -0.2) is 0 Å². The summed E-state index contributed by atoms with van der Waals surface area (Å²) in [7, 11) is 0. The first kappa shape index (κ1) is 18.0. The van der Waals surface area contributed by atoms with Crippen molar-refractivity contribution in [2.45, 2.75) is 47.0 Å². The molecule has 1 aliphatic heterocycles.